The molecular formula is C7H6ClF3N-. The molecule has 0 aliphatic carbocycles. The molecule has 0 aliphatic heterocycles. The lowest BCUT2D eigenvalue weighted by atomic mass is 10.2. The Morgan fingerprint density at radius 3 is 2.17 bits per heavy atom. The van der Waals surface area contributed by atoms with Crippen LogP contribution in [-0.4, -0.2) is 4.98 Å². The molecule has 68 valence electrons. The van der Waals surface area contributed by atoms with Gasteiger partial charge in [0.05, 0.1) is 5.56 Å². The molecule has 1 aromatic heterocycles. The monoisotopic (exact) mass is 196 g/mol. The Bertz CT molecular complexity index is 242. The van der Waals surface area contributed by atoms with Crippen LogP contribution in [0, 0.1) is 6.92 Å². The predicted molar refractivity (Wildman–Crippen MR) is 34.0 cm³/mol. The third-order valence-corrected chi connectivity index (χ3v) is 1.24. The predicted octanol–water partition coefficient (Wildman–Crippen LogP) is -0.587. The van der Waals surface area contributed by atoms with Gasteiger partial charge >= 0.3 is 6.18 Å². The summed E-state index contributed by atoms with van der Waals surface area (Å²) >= 11 is 0. The van der Waals surface area contributed by atoms with Crippen LogP contribution < -0.4 is 12.4 Å². The molecule has 5 heteroatoms. The van der Waals surface area contributed by atoms with Gasteiger partial charge in [-0.05, 0) is 19.1 Å². The van der Waals surface area contributed by atoms with E-state index in [0.29, 0.717) is 5.69 Å². The fourth-order valence-electron chi connectivity index (χ4n) is 0.635. The number of hydrogen-bond acceptors (Lipinski definition) is 1. The van der Waals surface area contributed by atoms with Crippen molar-refractivity contribution >= 4 is 0 Å². The molecule has 0 unspecified atom stereocenters. The van der Waals surface area contributed by atoms with Gasteiger partial charge < -0.3 is 12.4 Å². The Morgan fingerprint density at radius 1 is 1.25 bits per heavy atom. The molecular weight excluding hydrogens is 191 g/mol. The lowest BCUT2D eigenvalue weighted by Gasteiger charge is -2.04. The number of aryl methyl sites for hydroxylation is 1. The molecule has 0 bridgehead atoms. The van der Waals surface area contributed by atoms with Gasteiger partial charge in [0, 0.05) is 11.9 Å². The molecule has 1 nitrogen and oxygen atoms in total. The number of nitrogens with zero attached hydrogens (tertiary/aromatic N) is 1. The van der Waals surface area contributed by atoms with Crippen LogP contribution in [0.5, 0.6) is 0 Å². The Balaban J connectivity index is 0.00000121. The molecule has 1 heterocycles. The third kappa shape index (κ3) is 2.70. The van der Waals surface area contributed by atoms with Crippen molar-refractivity contribution in [1.82, 2.24) is 4.98 Å². The van der Waals surface area contributed by atoms with Crippen molar-refractivity contribution in [1.29, 1.82) is 0 Å². The molecule has 0 fully saturated rings. The van der Waals surface area contributed by atoms with Crippen LogP contribution in [-0.2, 0) is 6.18 Å². The van der Waals surface area contributed by atoms with E-state index in [1.165, 1.54) is 6.07 Å². The summed E-state index contributed by atoms with van der Waals surface area (Å²) in [5.41, 5.74) is -0.124. The van der Waals surface area contributed by atoms with E-state index < -0.39 is 11.7 Å². The number of alkyl halides is 3. The molecule has 12 heavy (non-hydrogen) atoms. The van der Waals surface area contributed by atoms with Crippen LogP contribution in [0.4, 0.5) is 13.2 Å². The molecule has 0 aliphatic rings. The molecule has 0 radical (unpaired) electrons. The van der Waals surface area contributed by atoms with Gasteiger partial charge in [0.15, 0.2) is 0 Å². The molecule has 0 spiro atoms. The van der Waals surface area contributed by atoms with Crippen molar-refractivity contribution in [3.8, 4) is 0 Å². The van der Waals surface area contributed by atoms with Gasteiger partial charge in [-0.15, -0.1) is 0 Å². The van der Waals surface area contributed by atoms with Gasteiger partial charge in [-0.3, -0.25) is 4.98 Å². The van der Waals surface area contributed by atoms with Gasteiger partial charge in [-0.2, -0.15) is 13.2 Å². The Kier molecular flexibility index (Phi) is 3.52. The van der Waals surface area contributed by atoms with Crippen LogP contribution in [0.25, 0.3) is 0 Å². The van der Waals surface area contributed by atoms with Crippen molar-refractivity contribution in [2.75, 3.05) is 0 Å². The summed E-state index contributed by atoms with van der Waals surface area (Å²) in [4.78, 5) is 3.53. The van der Waals surface area contributed by atoms with E-state index in [-0.39, 0.29) is 12.4 Å². The minimum Gasteiger partial charge on any atom is -1.00 e. The largest absolute Gasteiger partial charge is 1.00 e. The zero-order chi connectivity index (χ0) is 8.48. The molecule has 0 N–H and O–H groups in total. The zero-order valence-electron chi connectivity index (χ0n) is 6.19. The second kappa shape index (κ2) is 3.76. The van der Waals surface area contributed by atoms with E-state index in [1.54, 1.807) is 6.92 Å². The normalized spacial score (nSPS) is 10.7. The van der Waals surface area contributed by atoms with Gasteiger partial charge in [-0.1, -0.05) is 0 Å². The van der Waals surface area contributed by atoms with Crippen LogP contribution in [0.1, 0.15) is 11.3 Å². The Morgan fingerprint density at radius 2 is 1.83 bits per heavy atom. The van der Waals surface area contributed by atoms with E-state index in [0.717, 1.165) is 12.3 Å². The van der Waals surface area contributed by atoms with Gasteiger partial charge in [0.25, 0.3) is 0 Å². The van der Waals surface area contributed by atoms with E-state index >= 15 is 0 Å². The van der Waals surface area contributed by atoms with Crippen LogP contribution in [0.2, 0.25) is 0 Å². The first-order valence-corrected chi connectivity index (χ1v) is 3.00. The minimum absolute atomic E-state index is 0. The second-order valence-corrected chi connectivity index (χ2v) is 2.19. The van der Waals surface area contributed by atoms with E-state index in [4.69, 9.17) is 0 Å². The standard InChI is InChI=1S/C7H6F3N.ClH/c1-5-2-3-6(4-11-5)7(8,9)10;/h2-4H,1H3;1H/p-1. The minimum atomic E-state index is -4.28. The number of halogens is 4. The van der Waals surface area contributed by atoms with Crippen LogP contribution in [0.15, 0.2) is 18.3 Å². The highest BCUT2D eigenvalue weighted by Crippen LogP contribution is 2.28. The van der Waals surface area contributed by atoms with Gasteiger partial charge in [0.1, 0.15) is 0 Å². The van der Waals surface area contributed by atoms with Crippen molar-refractivity contribution in [3.05, 3.63) is 29.6 Å². The van der Waals surface area contributed by atoms with Crippen molar-refractivity contribution < 1.29 is 25.6 Å². The van der Waals surface area contributed by atoms with Crippen molar-refractivity contribution in [2.24, 2.45) is 0 Å². The summed E-state index contributed by atoms with van der Waals surface area (Å²) in [6, 6.07) is 2.35. The second-order valence-electron chi connectivity index (χ2n) is 2.19. The molecule has 1 rings (SSSR count). The van der Waals surface area contributed by atoms with E-state index in [2.05, 4.69) is 4.98 Å². The summed E-state index contributed by atoms with van der Waals surface area (Å²) in [6.07, 6.45) is -3.45. The van der Waals surface area contributed by atoms with Crippen LogP contribution >= 0.6 is 0 Å². The van der Waals surface area contributed by atoms with Crippen LogP contribution in [0.3, 0.4) is 0 Å². The van der Waals surface area contributed by atoms with Gasteiger partial charge in [-0.25, -0.2) is 0 Å². The maximum Gasteiger partial charge on any atom is 0.417 e. The number of rotatable bonds is 0. The maximum atomic E-state index is 11.9. The first-order valence-electron chi connectivity index (χ1n) is 3.00. The molecule has 1 aromatic rings. The molecule has 0 amide bonds. The zero-order valence-corrected chi connectivity index (χ0v) is 6.95. The smallest absolute Gasteiger partial charge is 0.417 e. The highest BCUT2D eigenvalue weighted by atomic mass is 35.5. The first kappa shape index (κ1) is 11.2. The van der Waals surface area contributed by atoms with E-state index in [1.807, 2.05) is 0 Å². The summed E-state index contributed by atoms with van der Waals surface area (Å²) in [5.74, 6) is 0. The lowest BCUT2D eigenvalue weighted by Crippen LogP contribution is -3.00. The fraction of sp³-hybridized carbons (Fsp3) is 0.286. The molecule has 0 saturated carbocycles. The SMILES string of the molecule is Cc1ccc(C(F)(F)F)cn1.[Cl-]. The van der Waals surface area contributed by atoms with E-state index in [9.17, 15) is 13.2 Å². The summed E-state index contributed by atoms with van der Waals surface area (Å²) in [5, 5.41) is 0. The third-order valence-electron chi connectivity index (χ3n) is 1.24. The van der Waals surface area contributed by atoms with Crippen molar-refractivity contribution in [3.63, 3.8) is 0 Å². The lowest BCUT2D eigenvalue weighted by molar-refractivity contribution is -0.137. The highest BCUT2D eigenvalue weighted by Gasteiger charge is 2.30. The summed E-state index contributed by atoms with van der Waals surface area (Å²) in [7, 11) is 0. The summed E-state index contributed by atoms with van der Waals surface area (Å²) in [6.45, 7) is 1.64. The Labute approximate surface area is 74.0 Å². The number of aromatic nitrogens is 1. The van der Waals surface area contributed by atoms with Gasteiger partial charge in [0.2, 0.25) is 0 Å². The maximum absolute atomic E-state index is 11.9. The number of pyridine rings is 1. The molecule has 0 aromatic carbocycles. The average molecular weight is 197 g/mol. The molecule has 0 saturated heterocycles. The quantitative estimate of drug-likeness (QED) is 0.541. The topological polar surface area (TPSA) is 12.9 Å². The average Bonchev–Trinajstić information content (AvgIpc) is 1.86. The first-order chi connectivity index (χ1) is 5.00. The Hall–Kier alpha value is -0.770. The van der Waals surface area contributed by atoms with Crippen molar-refractivity contribution in [2.45, 2.75) is 13.1 Å². The highest BCUT2D eigenvalue weighted by molar-refractivity contribution is 5.15. The fourth-order valence-corrected chi connectivity index (χ4v) is 0.635. The molecule has 0 atom stereocenters. The summed E-state index contributed by atoms with van der Waals surface area (Å²) < 4.78 is 35.6. The number of hydrogen-bond donors (Lipinski definition) is 0.